The maximum absolute atomic E-state index is 5.38. The molecule has 0 saturated carbocycles. The molecule has 1 rings (SSSR count). The smallest absolute Gasteiger partial charge is 0.232 e. The Morgan fingerprint density at radius 3 is 3.00 bits per heavy atom. The number of nitrogens with zero attached hydrogens (tertiary/aromatic N) is 2. The Kier molecular flexibility index (Phi) is 3.47. The van der Waals surface area contributed by atoms with Crippen LogP contribution in [0, 0.1) is 0 Å². The first-order chi connectivity index (χ1) is 5.86. The summed E-state index contributed by atoms with van der Waals surface area (Å²) in [6, 6.07) is 0. The van der Waals surface area contributed by atoms with Gasteiger partial charge in [-0.25, -0.2) is 4.98 Å². The molecule has 4 nitrogen and oxygen atoms in total. The third-order valence-electron chi connectivity index (χ3n) is 1.36. The summed E-state index contributed by atoms with van der Waals surface area (Å²) in [6.07, 6.45) is 4.05. The zero-order valence-electron chi connectivity index (χ0n) is 7.16. The predicted molar refractivity (Wildman–Crippen MR) is 46.0 cm³/mol. The molecule has 0 unspecified atom stereocenters. The van der Waals surface area contributed by atoms with Crippen molar-refractivity contribution in [1.29, 1.82) is 0 Å². The van der Waals surface area contributed by atoms with Gasteiger partial charge in [-0.15, -0.1) is 0 Å². The van der Waals surface area contributed by atoms with Crippen LogP contribution in [0.4, 0.5) is 0 Å². The van der Waals surface area contributed by atoms with E-state index in [0.29, 0.717) is 19.0 Å². The fourth-order valence-corrected chi connectivity index (χ4v) is 0.872. The number of rotatable bonds is 4. The Morgan fingerprint density at radius 2 is 2.33 bits per heavy atom. The zero-order chi connectivity index (χ0) is 8.81. The minimum Gasteiger partial charge on any atom is -0.477 e. The molecule has 0 saturated heterocycles. The normalized spacial score (nSPS) is 9.83. The van der Waals surface area contributed by atoms with Gasteiger partial charge in [0, 0.05) is 12.6 Å². The van der Waals surface area contributed by atoms with Crippen molar-refractivity contribution in [3.63, 3.8) is 0 Å². The van der Waals surface area contributed by atoms with Gasteiger partial charge in [-0.3, -0.25) is 4.98 Å². The lowest BCUT2D eigenvalue weighted by molar-refractivity contribution is 0.324. The summed E-state index contributed by atoms with van der Waals surface area (Å²) in [4.78, 5) is 8.17. The van der Waals surface area contributed by atoms with E-state index in [1.165, 1.54) is 0 Å². The van der Waals surface area contributed by atoms with Gasteiger partial charge >= 0.3 is 0 Å². The van der Waals surface area contributed by atoms with E-state index in [4.69, 9.17) is 10.5 Å². The summed E-state index contributed by atoms with van der Waals surface area (Å²) in [5.41, 5.74) is 6.25. The molecule has 12 heavy (non-hydrogen) atoms. The van der Waals surface area contributed by atoms with Crippen LogP contribution in [0.5, 0.6) is 5.88 Å². The van der Waals surface area contributed by atoms with Gasteiger partial charge in [-0.2, -0.15) is 0 Å². The average Bonchev–Trinajstić information content (AvgIpc) is 2.06. The van der Waals surface area contributed by atoms with E-state index >= 15 is 0 Å². The highest BCUT2D eigenvalue weighted by Gasteiger charge is 1.97. The summed E-state index contributed by atoms with van der Waals surface area (Å²) >= 11 is 0. The van der Waals surface area contributed by atoms with Crippen molar-refractivity contribution >= 4 is 0 Å². The van der Waals surface area contributed by atoms with E-state index in [0.717, 1.165) is 12.1 Å². The van der Waals surface area contributed by atoms with Crippen molar-refractivity contribution in [2.45, 2.75) is 13.3 Å². The fourth-order valence-electron chi connectivity index (χ4n) is 0.872. The topological polar surface area (TPSA) is 61.0 Å². The minimum atomic E-state index is 0.573. The molecule has 0 radical (unpaired) electrons. The summed E-state index contributed by atoms with van der Waals surface area (Å²) < 4.78 is 5.18. The molecule has 0 fully saturated rings. The first kappa shape index (κ1) is 8.93. The Balaban J connectivity index is 2.67. The van der Waals surface area contributed by atoms with E-state index in [1.807, 2.05) is 6.92 Å². The quantitative estimate of drug-likeness (QED) is 0.704. The third-order valence-corrected chi connectivity index (χ3v) is 1.36. The Hall–Kier alpha value is -1.16. The van der Waals surface area contributed by atoms with Crippen molar-refractivity contribution in [3.8, 4) is 5.88 Å². The molecule has 0 spiro atoms. The third kappa shape index (κ3) is 2.47. The van der Waals surface area contributed by atoms with Gasteiger partial charge in [0.05, 0.1) is 18.5 Å². The number of hydrogen-bond donors (Lipinski definition) is 1. The fraction of sp³-hybridized carbons (Fsp3) is 0.500. The lowest BCUT2D eigenvalue weighted by atomic mass is 10.3. The molecule has 0 bridgehead atoms. The Bertz CT molecular complexity index is 218. The van der Waals surface area contributed by atoms with Gasteiger partial charge in [0.1, 0.15) is 0 Å². The van der Waals surface area contributed by atoms with Gasteiger partial charge in [-0.05, 0) is 13.5 Å². The highest BCUT2D eigenvalue weighted by molar-refractivity contribution is 5.08. The molecule has 0 aliphatic carbocycles. The van der Waals surface area contributed by atoms with Crippen molar-refractivity contribution in [2.75, 3.05) is 13.2 Å². The lowest BCUT2D eigenvalue weighted by Gasteiger charge is -2.02. The molecule has 1 aromatic heterocycles. The maximum Gasteiger partial charge on any atom is 0.232 e. The number of hydrogen-bond acceptors (Lipinski definition) is 4. The summed E-state index contributed by atoms with van der Waals surface area (Å²) in [6.45, 7) is 3.11. The summed E-state index contributed by atoms with van der Waals surface area (Å²) in [5.74, 6) is 0.573. The second kappa shape index (κ2) is 4.66. The molecule has 1 aromatic rings. The van der Waals surface area contributed by atoms with Crippen LogP contribution in [-0.4, -0.2) is 23.1 Å². The Labute approximate surface area is 71.8 Å². The van der Waals surface area contributed by atoms with Crippen LogP contribution in [0.15, 0.2) is 12.4 Å². The van der Waals surface area contributed by atoms with Crippen LogP contribution < -0.4 is 10.5 Å². The number of aromatic nitrogens is 2. The molecule has 66 valence electrons. The molecule has 1 heterocycles. The van der Waals surface area contributed by atoms with Crippen LogP contribution in [0.1, 0.15) is 12.6 Å². The largest absolute Gasteiger partial charge is 0.477 e. The molecule has 0 atom stereocenters. The van der Waals surface area contributed by atoms with Gasteiger partial charge < -0.3 is 10.5 Å². The minimum absolute atomic E-state index is 0.573. The zero-order valence-corrected chi connectivity index (χ0v) is 7.16. The molecule has 0 amide bonds. The molecular weight excluding hydrogens is 154 g/mol. The first-order valence-electron chi connectivity index (χ1n) is 4.00. The van der Waals surface area contributed by atoms with Crippen molar-refractivity contribution < 1.29 is 4.74 Å². The second-order valence-corrected chi connectivity index (χ2v) is 2.32. The second-order valence-electron chi connectivity index (χ2n) is 2.32. The van der Waals surface area contributed by atoms with Crippen molar-refractivity contribution in [2.24, 2.45) is 5.73 Å². The SMILES string of the molecule is CCOc1cncc(CCN)n1. The monoisotopic (exact) mass is 167 g/mol. The van der Waals surface area contributed by atoms with E-state index in [-0.39, 0.29) is 0 Å². The Morgan fingerprint density at radius 1 is 1.50 bits per heavy atom. The number of ether oxygens (including phenoxy) is 1. The average molecular weight is 167 g/mol. The first-order valence-corrected chi connectivity index (χ1v) is 4.00. The molecule has 0 aromatic carbocycles. The highest BCUT2D eigenvalue weighted by Crippen LogP contribution is 2.04. The van der Waals surface area contributed by atoms with E-state index in [9.17, 15) is 0 Å². The van der Waals surface area contributed by atoms with Crippen LogP contribution in [0.25, 0.3) is 0 Å². The maximum atomic E-state index is 5.38. The lowest BCUT2D eigenvalue weighted by Crippen LogP contribution is -2.06. The van der Waals surface area contributed by atoms with Crippen LogP contribution in [0.3, 0.4) is 0 Å². The van der Waals surface area contributed by atoms with Crippen LogP contribution >= 0.6 is 0 Å². The molecule has 0 aliphatic heterocycles. The van der Waals surface area contributed by atoms with Crippen LogP contribution in [0.2, 0.25) is 0 Å². The highest BCUT2D eigenvalue weighted by atomic mass is 16.5. The molecule has 0 aliphatic rings. The van der Waals surface area contributed by atoms with Crippen LogP contribution in [-0.2, 0) is 6.42 Å². The van der Waals surface area contributed by atoms with Gasteiger partial charge in [0.2, 0.25) is 5.88 Å². The van der Waals surface area contributed by atoms with E-state index in [2.05, 4.69) is 9.97 Å². The summed E-state index contributed by atoms with van der Waals surface area (Å²) in [7, 11) is 0. The van der Waals surface area contributed by atoms with E-state index < -0.39 is 0 Å². The molecular formula is C8H13N3O. The predicted octanol–water partition coefficient (Wildman–Crippen LogP) is 0.376. The molecule has 4 heteroatoms. The van der Waals surface area contributed by atoms with Gasteiger partial charge in [-0.1, -0.05) is 0 Å². The van der Waals surface area contributed by atoms with Gasteiger partial charge in [0.15, 0.2) is 0 Å². The van der Waals surface area contributed by atoms with E-state index in [1.54, 1.807) is 12.4 Å². The van der Waals surface area contributed by atoms with Crippen molar-refractivity contribution in [3.05, 3.63) is 18.1 Å². The molecule has 2 N–H and O–H groups in total. The van der Waals surface area contributed by atoms with Gasteiger partial charge in [0.25, 0.3) is 0 Å². The summed E-state index contributed by atoms with van der Waals surface area (Å²) in [5, 5.41) is 0. The van der Waals surface area contributed by atoms with Crippen molar-refractivity contribution in [1.82, 2.24) is 9.97 Å². The standard InChI is InChI=1S/C8H13N3O/c1-2-12-8-6-10-5-7(11-8)3-4-9/h5-6H,2-4,9H2,1H3. The number of nitrogens with two attached hydrogens (primary N) is 1.